The van der Waals surface area contributed by atoms with E-state index in [0.717, 1.165) is 25.7 Å². The maximum absolute atomic E-state index is 12.9. The second-order valence-corrected chi connectivity index (χ2v) is 14.8. The van der Waals surface area contributed by atoms with Gasteiger partial charge in [-0.25, -0.2) is 0 Å². The number of amides is 2. The Balaban J connectivity index is 1.24. The minimum absolute atomic E-state index is 0.128. The molecule has 2 amide bonds. The standard InChI is InChI=1S/C34H34NO2P/c36-33-31-18-10-11-19-32(31)34(37)35(33)24-26-20-22-27(23-21-26)25-38(28-12-4-1-5-13-28,29-14-6-2-7-15-29)30-16-8-3-9-17-30/h1-19,26-27,38H,20-25H2. The van der Waals surface area contributed by atoms with Crippen molar-refractivity contribution >= 4 is 35.0 Å². The first-order valence-electron chi connectivity index (χ1n) is 13.8. The van der Waals surface area contributed by atoms with E-state index < -0.39 is 7.26 Å². The van der Waals surface area contributed by atoms with Gasteiger partial charge < -0.3 is 0 Å². The van der Waals surface area contributed by atoms with E-state index in [1.165, 1.54) is 27.0 Å². The molecule has 0 unspecified atom stereocenters. The van der Waals surface area contributed by atoms with Crippen LogP contribution in [0.1, 0.15) is 46.4 Å². The van der Waals surface area contributed by atoms with Crippen molar-refractivity contribution in [2.24, 2.45) is 11.8 Å². The van der Waals surface area contributed by atoms with Gasteiger partial charge in [-0.2, -0.15) is 0 Å². The Morgan fingerprint density at radius 3 is 1.32 bits per heavy atom. The van der Waals surface area contributed by atoms with Crippen molar-refractivity contribution in [3.63, 3.8) is 0 Å². The van der Waals surface area contributed by atoms with Crippen molar-refractivity contribution in [1.29, 1.82) is 0 Å². The van der Waals surface area contributed by atoms with Crippen LogP contribution in [-0.2, 0) is 0 Å². The molecule has 192 valence electrons. The van der Waals surface area contributed by atoms with Crippen LogP contribution in [0.15, 0.2) is 115 Å². The fourth-order valence-electron chi connectivity index (χ4n) is 6.74. The van der Waals surface area contributed by atoms with Crippen LogP contribution in [0.5, 0.6) is 0 Å². The van der Waals surface area contributed by atoms with E-state index >= 15 is 0 Å². The van der Waals surface area contributed by atoms with E-state index in [9.17, 15) is 9.59 Å². The first-order valence-corrected chi connectivity index (χ1v) is 16.0. The van der Waals surface area contributed by atoms with Crippen LogP contribution in [0.25, 0.3) is 0 Å². The summed E-state index contributed by atoms with van der Waals surface area (Å²) in [5.74, 6) is 0.725. The van der Waals surface area contributed by atoms with Gasteiger partial charge in [0.25, 0.3) is 0 Å². The molecule has 2 aliphatic rings. The molecule has 0 bridgehead atoms. The quantitative estimate of drug-likeness (QED) is 0.228. The SMILES string of the molecule is O=C1c2ccccc2C(=O)N1CC1CCC(C[PH](c2ccccc2)(c2ccccc2)c2ccccc2)CC1. The topological polar surface area (TPSA) is 37.4 Å². The van der Waals surface area contributed by atoms with E-state index in [1.54, 1.807) is 12.1 Å². The van der Waals surface area contributed by atoms with Gasteiger partial charge in [0.2, 0.25) is 0 Å². The predicted molar refractivity (Wildman–Crippen MR) is 159 cm³/mol. The number of fused-ring (bicyclic) bond motifs is 1. The van der Waals surface area contributed by atoms with Crippen molar-refractivity contribution in [3.05, 3.63) is 126 Å². The molecule has 3 nitrogen and oxygen atoms in total. The molecular formula is C34H34NO2P. The summed E-state index contributed by atoms with van der Waals surface area (Å²) in [5, 5.41) is 4.39. The number of carbonyl (C=O) groups excluding carboxylic acids is 2. The number of benzene rings is 4. The molecule has 0 saturated heterocycles. The van der Waals surface area contributed by atoms with E-state index in [0.29, 0.717) is 29.5 Å². The van der Waals surface area contributed by atoms with Gasteiger partial charge >= 0.3 is 226 Å². The van der Waals surface area contributed by atoms with Crippen molar-refractivity contribution in [2.45, 2.75) is 25.7 Å². The van der Waals surface area contributed by atoms with Crippen LogP contribution in [-0.4, -0.2) is 29.4 Å². The number of nitrogens with zero attached hydrogens (tertiary/aromatic N) is 1. The summed E-state index contributed by atoms with van der Waals surface area (Å²) in [4.78, 5) is 27.3. The van der Waals surface area contributed by atoms with Gasteiger partial charge in [0.05, 0.1) is 0 Å². The zero-order valence-electron chi connectivity index (χ0n) is 21.6. The average molecular weight is 520 g/mol. The second-order valence-electron chi connectivity index (χ2n) is 10.9. The monoisotopic (exact) mass is 519 g/mol. The molecule has 1 aliphatic carbocycles. The summed E-state index contributed by atoms with van der Waals surface area (Å²) in [6, 6.07) is 40.6. The number of hydrogen-bond acceptors (Lipinski definition) is 2. The summed E-state index contributed by atoms with van der Waals surface area (Å²) in [6.45, 7) is 0.539. The van der Waals surface area contributed by atoms with Crippen molar-refractivity contribution < 1.29 is 9.59 Å². The van der Waals surface area contributed by atoms with Gasteiger partial charge in [0.1, 0.15) is 0 Å². The maximum atomic E-state index is 12.9. The molecular weight excluding hydrogens is 485 g/mol. The Kier molecular flexibility index (Phi) is 6.96. The number of hydrogen-bond donors (Lipinski definition) is 0. The summed E-state index contributed by atoms with van der Waals surface area (Å²) in [6.07, 6.45) is 5.55. The first kappa shape index (κ1) is 24.8. The van der Waals surface area contributed by atoms with Crippen LogP contribution in [0.4, 0.5) is 0 Å². The minimum atomic E-state index is -2.25. The van der Waals surface area contributed by atoms with E-state index in [2.05, 4.69) is 91.0 Å². The molecule has 4 heteroatoms. The van der Waals surface area contributed by atoms with E-state index in [4.69, 9.17) is 0 Å². The molecule has 1 heterocycles. The third-order valence-electron chi connectivity index (χ3n) is 8.68. The van der Waals surface area contributed by atoms with Gasteiger partial charge in [-0.3, -0.25) is 0 Å². The summed E-state index contributed by atoms with van der Waals surface area (Å²) in [7, 11) is -2.25. The molecule has 0 N–H and O–H groups in total. The molecule has 1 saturated carbocycles. The number of rotatable bonds is 7. The van der Waals surface area contributed by atoms with Crippen LogP contribution in [0.2, 0.25) is 0 Å². The molecule has 0 radical (unpaired) electrons. The Hall–Kier alpha value is -3.55. The predicted octanol–water partition coefficient (Wildman–Crippen LogP) is 5.82. The molecule has 38 heavy (non-hydrogen) atoms. The molecule has 1 fully saturated rings. The molecule has 4 aromatic carbocycles. The third kappa shape index (κ3) is 4.50. The van der Waals surface area contributed by atoms with E-state index in [-0.39, 0.29) is 11.8 Å². The normalized spacial score (nSPS) is 19.8. The molecule has 0 spiro atoms. The zero-order chi connectivity index (χ0) is 26.0. The molecule has 1 aliphatic heterocycles. The zero-order valence-corrected chi connectivity index (χ0v) is 22.6. The summed E-state index contributed by atoms with van der Waals surface area (Å²) >= 11 is 0. The fourth-order valence-corrected chi connectivity index (χ4v) is 12.0. The van der Waals surface area contributed by atoms with Gasteiger partial charge in [0, 0.05) is 0 Å². The van der Waals surface area contributed by atoms with Gasteiger partial charge in [-0.15, -0.1) is 0 Å². The first-order chi connectivity index (χ1) is 18.7. The summed E-state index contributed by atoms with van der Waals surface area (Å²) in [5.41, 5.74) is 1.10. The van der Waals surface area contributed by atoms with Gasteiger partial charge in [-0.05, 0) is 0 Å². The third-order valence-corrected chi connectivity index (χ3v) is 13.8. The Labute approximate surface area is 225 Å². The molecule has 0 atom stereocenters. The van der Waals surface area contributed by atoms with Crippen molar-refractivity contribution in [1.82, 2.24) is 4.90 Å². The average Bonchev–Trinajstić information content (AvgIpc) is 3.23. The van der Waals surface area contributed by atoms with Crippen molar-refractivity contribution in [2.75, 3.05) is 12.7 Å². The van der Waals surface area contributed by atoms with Gasteiger partial charge in [-0.1, -0.05) is 0 Å². The van der Waals surface area contributed by atoms with Crippen LogP contribution < -0.4 is 15.9 Å². The summed E-state index contributed by atoms with van der Waals surface area (Å²) < 4.78 is 0. The Morgan fingerprint density at radius 2 is 0.895 bits per heavy atom. The fraction of sp³-hybridized carbons (Fsp3) is 0.235. The Bertz CT molecular complexity index is 1280. The number of carbonyl (C=O) groups is 2. The Morgan fingerprint density at radius 1 is 0.526 bits per heavy atom. The van der Waals surface area contributed by atoms with Crippen LogP contribution in [0, 0.1) is 11.8 Å². The number of imide groups is 1. The molecule has 4 aromatic rings. The van der Waals surface area contributed by atoms with Gasteiger partial charge in [0.15, 0.2) is 0 Å². The second kappa shape index (κ2) is 10.7. The van der Waals surface area contributed by atoms with Crippen molar-refractivity contribution in [3.8, 4) is 0 Å². The molecule has 6 rings (SSSR count). The van der Waals surface area contributed by atoms with Crippen LogP contribution in [0.3, 0.4) is 0 Å². The van der Waals surface area contributed by atoms with Crippen LogP contribution >= 0.6 is 7.26 Å². The molecule has 0 aromatic heterocycles. The van der Waals surface area contributed by atoms with E-state index in [1.807, 2.05) is 12.1 Å².